The molecule has 1 amide bonds. The normalized spacial score (nSPS) is 10.9. The molecule has 5 nitrogen and oxygen atoms in total. The van der Waals surface area contributed by atoms with Crippen LogP contribution in [0.3, 0.4) is 0 Å². The number of nitrogens with one attached hydrogen (secondary N) is 1. The van der Waals surface area contributed by atoms with E-state index in [4.69, 9.17) is 9.47 Å². The number of para-hydroxylation sites is 1. The van der Waals surface area contributed by atoms with Gasteiger partial charge in [-0.2, -0.15) is 0 Å². The third kappa shape index (κ3) is 5.44. The van der Waals surface area contributed by atoms with Crippen LogP contribution in [0, 0.1) is 5.82 Å². The van der Waals surface area contributed by atoms with E-state index in [-0.39, 0.29) is 16.8 Å². The van der Waals surface area contributed by atoms with Crippen molar-refractivity contribution >= 4 is 17.6 Å². The lowest BCUT2D eigenvalue weighted by atomic mass is 10.1. The quantitative estimate of drug-likeness (QED) is 0.541. The van der Waals surface area contributed by atoms with Crippen LogP contribution in [0.15, 0.2) is 72.8 Å². The molecule has 0 saturated heterocycles. The van der Waals surface area contributed by atoms with Crippen LogP contribution in [-0.4, -0.2) is 17.5 Å². The minimum atomic E-state index is -0.719. The Bertz CT molecular complexity index is 1060. The monoisotopic (exact) mass is 407 g/mol. The summed E-state index contributed by atoms with van der Waals surface area (Å²) < 4.78 is 25.2. The number of benzene rings is 3. The Labute approximate surface area is 174 Å². The molecule has 0 unspecified atom stereocenters. The largest absolute Gasteiger partial charge is 0.457 e. The average Bonchev–Trinajstić information content (AvgIpc) is 2.68. The van der Waals surface area contributed by atoms with E-state index in [1.807, 2.05) is 18.2 Å². The van der Waals surface area contributed by atoms with E-state index >= 15 is 0 Å². The SMILES string of the molecule is CC(C)(C)OC(=O)c1ccc(Oc2ccccc2)cc1NC(=O)c1ccccc1F. The average molecular weight is 407 g/mol. The molecule has 154 valence electrons. The maximum atomic E-state index is 14.0. The van der Waals surface area contributed by atoms with Gasteiger partial charge in [-0.3, -0.25) is 4.79 Å². The first-order valence-corrected chi connectivity index (χ1v) is 9.39. The fourth-order valence-corrected chi connectivity index (χ4v) is 2.66. The molecule has 0 spiro atoms. The van der Waals surface area contributed by atoms with E-state index in [9.17, 15) is 14.0 Å². The van der Waals surface area contributed by atoms with Crippen molar-refractivity contribution in [1.29, 1.82) is 0 Å². The number of halogens is 1. The molecule has 3 aromatic rings. The van der Waals surface area contributed by atoms with Gasteiger partial charge in [-0.25, -0.2) is 9.18 Å². The van der Waals surface area contributed by atoms with Gasteiger partial charge in [0.1, 0.15) is 22.9 Å². The van der Waals surface area contributed by atoms with Crippen LogP contribution in [0.25, 0.3) is 0 Å². The van der Waals surface area contributed by atoms with Crippen LogP contribution in [0.1, 0.15) is 41.5 Å². The van der Waals surface area contributed by atoms with Crippen LogP contribution in [0.5, 0.6) is 11.5 Å². The zero-order valence-electron chi connectivity index (χ0n) is 16.9. The lowest BCUT2D eigenvalue weighted by Crippen LogP contribution is -2.25. The summed E-state index contributed by atoms with van der Waals surface area (Å²) in [5.41, 5.74) is -0.564. The fraction of sp³-hybridized carbons (Fsp3) is 0.167. The summed E-state index contributed by atoms with van der Waals surface area (Å²) in [4.78, 5) is 25.3. The third-order valence-electron chi connectivity index (χ3n) is 3.96. The van der Waals surface area contributed by atoms with E-state index in [2.05, 4.69) is 5.32 Å². The maximum absolute atomic E-state index is 14.0. The van der Waals surface area contributed by atoms with Crippen LogP contribution < -0.4 is 10.1 Å². The van der Waals surface area contributed by atoms with Gasteiger partial charge in [0.25, 0.3) is 5.91 Å². The minimum Gasteiger partial charge on any atom is -0.457 e. The fourth-order valence-electron chi connectivity index (χ4n) is 2.66. The molecule has 1 N–H and O–H groups in total. The number of carbonyl (C=O) groups excluding carboxylic acids is 2. The number of carbonyl (C=O) groups is 2. The third-order valence-corrected chi connectivity index (χ3v) is 3.96. The highest BCUT2D eigenvalue weighted by Crippen LogP contribution is 2.29. The Morgan fingerprint density at radius 2 is 1.50 bits per heavy atom. The molecule has 0 aliphatic carbocycles. The molecule has 0 saturated carbocycles. The summed E-state index contributed by atoms with van der Waals surface area (Å²) in [6.07, 6.45) is 0. The number of ether oxygens (including phenoxy) is 2. The molecule has 0 bridgehead atoms. The topological polar surface area (TPSA) is 64.6 Å². The number of anilines is 1. The number of hydrogen-bond acceptors (Lipinski definition) is 4. The number of esters is 1. The number of amides is 1. The Hall–Kier alpha value is -3.67. The van der Waals surface area contributed by atoms with Crippen molar-refractivity contribution in [2.24, 2.45) is 0 Å². The zero-order valence-corrected chi connectivity index (χ0v) is 16.9. The maximum Gasteiger partial charge on any atom is 0.340 e. The summed E-state index contributed by atoms with van der Waals surface area (Å²) in [7, 11) is 0. The summed E-state index contributed by atoms with van der Waals surface area (Å²) in [6, 6.07) is 19.3. The molecule has 3 aromatic carbocycles. The molecule has 0 aromatic heterocycles. The Kier molecular flexibility index (Phi) is 6.16. The van der Waals surface area contributed by atoms with Crippen molar-refractivity contribution in [3.63, 3.8) is 0 Å². The van der Waals surface area contributed by atoms with E-state index in [0.29, 0.717) is 11.5 Å². The highest BCUT2D eigenvalue weighted by Gasteiger charge is 2.22. The van der Waals surface area contributed by atoms with Crippen LogP contribution in [0.2, 0.25) is 0 Å². The lowest BCUT2D eigenvalue weighted by Gasteiger charge is -2.21. The second-order valence-electron chi connectivity index (χ2n) is 7.56. The molecule has 0 fully saturated rings. The first-order valence-electron chi connectivity index (χ1n) is 9.39. The van der Waals surface area contributed by atoms with E-state index in [0.717, 1.165) is 0 Å². The summed E-state index contributed by atoms with van der Waals surface area (Å²) in [5.74, 6) is -0.968. The highest BCUT2D eigenvalue weighted by atomic mass is 19.1. The zero-order chi connectivity index (χ0) is 21.7. The standard InChI is InChI=1S/C24H22FNO4/c1-24(2,3)30-23(28)19-14-13-17(29-16-9-5-4-6-10-16)15-21(19)26-22(27)18-11-7-8-12-20(18)25/h4-15H,1-3H3,(H,26,27). The van der Waals surface area contributed by atoms with Crippen molar-refractivity contribution in [3.05, 3.63) is 89.7 Å². The predicted octanol–water partition coefficient (Wildman–Crippen LogP) is 5.83. The Balaban J connectivity index is 1.95. The van der Waals surface area contributed by atoms with Crippen LogP contribution in [-0.2, 0) is 4.74 Å². The van der Waals surface area contributed by atoms with Gasteiger partial charge in [-0.1, -0.05) is 30.3 Å². The smallest absolute Gasteiger partial charge is 0.340 e. The molecule has 3 rings (SSSR count). The van der Waals surface area contributed by atoms with Gasteiger partial charge in [0, 0.05) is 6.07 Å². The van der Waals surface area contributed by atoms with E-state index < -0.39 is 23.3 Å². The second kappa shape index (κ2) is 8.78. The van der Waals surface area contributed by atoms with Crippen LogP contribution in [0.4, 0.5) is 10.1 Å². The van der Waals surface area contributed by atoms with E-state index in [1.165, 1.54) is 30.3 Å². The molecular formula is C24H22FNO4. The molecule has 0 atom stereocenters. The molecule has 0 radical (unpaired) electrons. The van der Waals surface area contributed by atoms with Gasteiger partial charge in [-0.15, -0.1) is 0 Å². The Morgan fingerprint density at radius 1 is 0.833 bits per heavy atom. The second-order valence-corrected chi connectivity index (χ2v) is 7.56. The molecule has 0 heterocycles. The summed E-state index contributed by atoms with van der Waals surface area (Å²) in [6.45, 7) is 5.24. The van der Waals surface area contributed by atoms with E-state index in [1.54, 1.807) is 45.0 Å². The van der Waals surface area contributed by atoms with Gasteiger partial charge in [-0.05, 0) is 57.2 Å². The number of hydrogen-bond donors (Lipinski definition) is 1. The number of rotatable bonds is 5. The van der Waals surface area contributed by atoms with Gasteiger partial charge in [0.15, 0.2) is 0 Å². The molecule has 0 aliphatic heterocycles. The van der Waals surface area contributed by atoms with Gasteiger partial charge in [0.05, 0.1) is 16.8 Å². The van der Waals surface area contributed by atoms with Crippen molar-refractivity contribution in [2.45, 2.75) is 26.4 Å². The summed E-state index contributed by atoms with van der Waals surface area (Å²) >= 11 is 0. The van der Waals surface area contributed by atoms with Gasteiger partial charge >= 0.3 is 5.97 Å². The van der Waals surface area contributed by atoms with Crippen molar-refractivity contribution in [1.82, 2.24) is 0 Å². The van der Waals surface area contributed by atoms with Crippen LogP contribution >= 0.6 is 0 Å². The van der Waals surface area contributed by atoms with Crippen molar-refractivity contribution in [2.75, 3.05) is 5.32 Å². The van der Waals surface area contributed by atoms with Gasteiger partial charge < -0.3 is 14.8 Å². The Morgan fingerprint density at radius 3 is 2.17 bits per heavy atom. The lowest BCUT2D eigenvalue weighted by molar-refractivity contribution is 0.00708. The highest BCUT2D eigenvalue weighted by molar-refractivity contribution is 6.08. The molecule has 0 aliphatic rings. The molecule has 30 heavy (non-hydrogen) atoms. The van der Waals surface area contributed by atoms with Crippen molar-refractivity contribution in [3.8, 4) is 11.5 Å². The molecule has 6 heteroatoms. The first-order chi connectivity index (χ1) is 14.2. The first kappa shape index (κ1) is 21.0. The minimum absolute atomic E-state index is 0.134. The van der Waals surface area contributed by atoms with Crippen molar-refractivity contribution < 1.29 is 23.5 Å². The summed E-state index contributed by atoms with van der Waals surface area (Å²) in [5, 5.41) is 2.60. The predicted molar refractivity (Wildman–Crippen MR) is 112 cm³/mol. The molecular weight excluding hydrogens is 385 g/mol. The van der Waals surface area contributed by atoms with Gasteiger partial charge in [0.2, 0.25) is 0 Å².